The minimum absolute atomic E-state index is 0. The van der Waals surface area contributed by atoms with Crippen molar-refractivity contribution >= 4 is 68.0 Å². The van der Waals surface area contributed by atoms with Gasteiger partial charge in [-0.25, -0.2) is 13.1 Å². The highest BCUT2D eigenvalue weighted by molar-refractivity contribution is 8.17. The number of rotatable bonds is 14. The van der Waals surface area contributed by atoms with Gasteiger partial charge in [-0.1, -0.05) is 56.8 Å². The molecule has 2 aromatic rings. The first kappa shape index (κ1) is 37.6. The van der Waals surface area contributed by atoms with Gasteiger partial charge in [0.2, 0.25) is 16.4 Å². The molecule has 0 aliphatic heterocycles. The molecule has 0 spiro atoms. The lowest BCUT2D eigenvalue weighted by atomic mass is 10.00. The Labute approximate surface area is 261 Å². The summed E-state index contributed by atoms with van der Waals surface area (Å²) in [6.07, 6.45) is 0.933. The molecule has 0 aromatic heterocycles. The zero-order valence-electron chi connectivity index (χ0n) is 26.1. The van der Waals surface area contributed by atoms with Gasteiger partial charge in [0.15, 0.2) is 10.9 Å². The van der Waals surface area contributed by atoms with Crippen LogP contribution in [0.25, 0.3) is 10.8 Å². The molecule has 0 bridgehead atoms. The van der Waals surface area contributed by atoms with Crippen LogP contribution in [0.3, 0.4) is 0 Å². The van der Waals surface area contributed by atoms with E-state index in [4.69, 9.17) is 0 Å². The summed E-state index contributed by atoms with van der Waals surface area (Å²) in [4.78, 5) is 44.1. The number of amides is 1. The number of allylic oxidation sites excluding steroid dienone is 2. The number of carbonyl (C=O) groups excluding carboxylic acids is 3. The second kappa shape index (κ2) is 15.9. The molecule has 1 amide bonds. The number of hydrogen-bond acceptors (Lipinski definition) is 8. The summed E-state index contributed by atoms with van der Waals surface area (Å²) >= 11 is 1.04. The van der Waals surface area contributed by atoms with Crippen LogP contribution >= 0.6 is 24.2 Å². The molecule has 1 N–H and O–H groups in total. The molecule has 1 atom stereocenters. The van der Waals surface area contributed by atoms with Gasteiger partial charge in [0.05, 0.1) is 10.9 Å². The Morgan fingerprint density at radius 1 is 0.976 bits per heavy atom. The minimum atomic E-state index is -4.02. The van der Waals surface area contributed by atoms with E-state index in [0.717, 1.165) is 29.2 Å². The number of anilines is 1. The zero-order chi connectivity index (χ0) is 31.1. The SMILES string of the molecule is CC(=C(CCC(=O)C(C)NS(=O)(=O)c1cccc2c(N(C)C)cccc12)SC(=O)C(C)(C)C)N(C=O)CCN(C)C.Cl. The van der Waals surface area contributed by atoms with Crippen molar-refractivity contribution in [1.82, 2.24) is 14.5 Å². The van der Waals surface area contributed by atoms with E-state index >= 15 is 0 Å². The number of nitrogens with zero attached hydrogens (tertiary/aromatic N) is 3. The van der Waals surface area contributed by atoms with Crippen molar-refractivity contribution in [3.63, 3.8) is 0 Å². The third-order valence-electron chi connectivity index (χ3n) is 6.62. The average molecular weight is 641 g/mol. The fourth-order valence-electron chi connectivity index (χ4n) is 4.04. The van der Waals surface area contributed by atoms with Gasteiger partial charge < -0.3 is 14.7 Å². The summed E-state index contributed by atoms with van der Waals surface area (Å²) in [5, 5.41) is 1.27. The Kier molecular flexibility index (Phi) is 14.2. The first-order valence-electron chi connectivity index (χ1n) is 13.5. The number of likely N-dealkylation sites (N-methyl/N-ethyl adjacent to an activating group) is 1. The standard InChI is InChI=1S/C30H44N4O5S2.ClH/c1-21(31-41(38,39)28-15-11-12-23-24(28)13-10-14-25(23)33(8)9)26(36)16-17-27(40-29(37)30(3,4)5)22(2)34(20-35)19-18-32(6)7;/h10-15,20-21,31H,16-19H2,1-9H3;1H. The van der Waals surface area contributed by atoms with Crippen LogP contribution in [0.1, 0.15) is 47.5 Å². The van der Waals surface area contributed by atoms with E-state index in [-0.39, 0.29) is 41.0 Å². The van der Waals surface area contributed by atoms with E-state index < -0.39 is 21.5 Å². The predicted molar refractivity (Wildman–Crippen MR) is 176 cm³/mol. The van der Waals surface area contributed by atoms with E-state index in [1.165, 1.54) is 17.9 Å². The van der Waals surface area contributed by atoms with Gasteiger partial charge in [0.25, 0.3) is 0 Å². The topological polar surface area (TPSA) is 107 Å². The van der Waals surface area contributed by atoms with Gasteiger partial charge in [-0.05, 0) is 46.5 Å². The van der Waals surface area contributed by atoms with Crippen molar-refractivity contribution in [1.29, 1.82) is 0 Å². The number of benzene rings is 2. The molecule has 0 radical (unpaired) electrons. The number of fused-ring (bicyclic) bond motifs is 1. The lowest BCUT2D eigenvalue weighted by Crippen LogP contribution is -2.38. The number of hydrogen-bond donors (Lipinski definition) is 1. The van der Waals surface area contributed by atoms with Crippen LogP contribution in [0, 0.1) is 5.41 Å². The Balaban J connectivity index is 0.00000882. The number of nitrogens with one attached hydrogen (secondary N) is 1. The maximum Gasteiger partial charge on any atom is 0.241 e. The molecule has 0 saturated carbocycles. The van der Waals surface area contributed by atoms with Crippen LogP contribution < -0.4 is 9.62 Å². The predicted octanol–water partition coefficient (Wildman–Crippen LogP) is 4.90. The average Bonchev–Trinajstić information content (AvgIpc) is 2.88. The van der Waals surface area contributed by atoms with Crippen LogP contribution in [0.2, 0.25) is 0 Å². The molecule has 2 aromatic carbocycles. The van der Waals surface area contributed by atoms with Crippen LogP contribution in [0.5, 0.6) is 0 Å². The molecule has 0 heterocycles. The molecule has 9 nitrogen and oxygen atoms in total. The third-order valence-corrected chi connectivity index (χ3v) is 9.76. The Bertz CT molecular complexity index is 1400. The first-order chi connectivity index (χ1) is 19.0. The van der Waals surface area contributed by atoms with E-state index in [9.17, 15) is 22.8 Å². The zero-order valence-corrected chi connectivity index (χ0v) is 28.5. The summed E-state index contributed by atoms with van der Waals surface area (Å²) in [6.45, 7) is 9.79. The van der Waals surface area contributed by atoms with E-state index in [1.807, 2.05) is 70.9 Å². The minimum Gasteiger partial charge on any atom is -0.377 e. The lowest BCUT2D eigenvalue weighted by molar-refractivity contribution is -0.120. The molecule has 0 fully saturated rings. The number of thioether (sulfide) groups is 1. The Morgan fingerprint density at radius 2 is 1.57 bits per heavy atom. The third kappa shape index (κ3) is 10.1. The number of Topliss-reactive ketones (excluding diaryl/α,β-unsaturated/α-hetero) is 1. The van der Waals surface area contributed by atoms with E-state index in [1.54, 1.807) is 25.1 Å². The molecular formula is C30H45ClN4O5S2. The van der Waals surface area contributed by atoms with Gasteiger partial charge in [-0.2, -0.15) is 0 Å². The molecule has 42 heavy (non-hydrogen) atoms. The summed E-state index contributed by atoms with van der Waals surface area (Å²) < 4.78 is 29.4. The monoisotopic (exact) mass is 640 g/mol. The first-order valence-corrected chi connectivity index (χ1v) is 15.8. The quantitative estimate of drug-likeness (QED) is 0.291. The van der Waals surface area contributed by atoms with Crippen molar-refractivity contribution in [2.24, 2.45) is 5.41 Å². The second-order valence-electron chi connectivity index (χ2n) is 11.6. The molecule has 2 rings (SSSR count). The molecule has 1 unspecified atom stereocenters. The largest absolute Gasteiger partial charge is 0.377 e. The summed E-state index contributed by atoms with van der Waals surface area (Å²) in [7, 11) is 3.57. The van der Waals surface area contributed by atoms with E-state index in [2.05, 4.69) is 4.72 Å². The van der Waals surface area contributed by atoms with Gasteiger partial charge >= 0.3 is 0 Å². The molecule has 0 saturated heterocycles. The van der Waals surface area contributed by atoms with Crippen LogP contribution in [-0.2, 0) is 24.4 Å². The van der Waals surface area contributed by atoms with Crippen molar-refractivity contribution < 1.29 is 22.8 Å². The summed E-state index contributed by atoms with van der Waals surface area (Å²) in [6, 6.07) is 9.57. The highest BCUT2D eigenvalue weighted by Crippen LogP contribution is 2.34. The molecule has 0 aliphatic carbocycles. The number of halogens is 1. The Morgan fingerprint density at radius 3 is 2.12 bits per heavy atom. The van der Waals surface area contributed by atoms with Crippen molar-refractivity contribution in [3.8, 4) is 0 Å². The molecule has 0 aliphatic rings. The molecule has 12 heteroatoms. The van der Waals surface area contributed by atoms with Crippen LogP contribution in [0.4, 0.5) is 5.69 Å². The summed E-state index contributed by atoms with van der Waals surface area (Å²) in [5.41, 5.74) is 0.873. The van der Waals surface area contributed by atoms with Gasteiger partial charge in [0.1, 0.15) is 0 Å². The fraction of sp³-hybridized carbons (Fsp3) is 0.500. The number of carbonyl (C=O) groups is 3. The smallest absolute Gasteiger partial charge is 0.241 e. The Hall–Kier alpha value is -2.44. The van der Waals surface area contributed by atoms with Crippen LogP contribution in [0.15, 0.2) is 51.9 Å². The maximum absolute atomic E-state index is 13.4. The van der Waals surface area contributed by atoms with E-state index in [0.29, 0.717) is 29.1 Å². The van der Waals surface area contributed by atoms with Crippen LogP contribution in [-0.4, -0.2) is 82.8 Å². The highest BCUT2D eigenvalue weighted by Gasteiger charge is 2.27. The van der Waals surface area contributed by atoms with Gasteiger partial charge in [-0.15, -0.1) is 12.4 Å². The maximum atomic E-state index is 13.4. The van der Waals surface area contributed by atoms with Crippen molar-refractivity contribution in [3.05, 3.63) is 47.0 Å². The number of sulfonamides is 1. The second-order valence-corrected chi connectivity index (χ2v) is 14.3. The van der Waals surface area contributed by atoms with Gasteiger partial charge in [0, 0.05) is 66.1 Å². The lowest BCUT2D eigenvalue weighted by Gasteiger charge is -2.25. The normalized spacial score (nSPS) is 13.3. The van der Waals surface area contributed by atoms with Gasteiger partial charge in [-0.3, -0.25) is 14.4 Å². The van der Waals surface area contributed by atoms with Crippen molar-refractivity contribution in [2.75, 3.05) is 46.2 Å². The summed E-state index contributed by atoms with van der Waals surface area (Å²) in [5.74, 6) is -0.317. The fourth-order valence-corrected chi connectivity index (χ4v) is 6.49. The highest BCUT2D eigenvalue weighted by atomic mass is 35.5. The molecule has 234 valence electrons. The number of ketones is 1. The van der Waals surface area contributed by atoms with Crippen molar-refractivity contribution in [2.45, 2.75) is 58.4 Å². The molecular weight excluding hydrogens is 596 g/mol.